The van der Waals surface area contributed by atoms with Gasteiger partial charge in [-0.2, -0.15) is 0 Å². The Bertz CT molecular complexity index is 1490. The van der Waals surface area contributed by atoms with E-state index in [-0.39, 0.29) is 36.2 Å². The Morgan fingerprint density at radius 2 is 2.10 bits per heavy atom. The summed E-state index contributed by atoms with van der Waals surface area (Å²) >= 11 is 7.32. The van der Waals surface area contributed by atoms with E-state index in [1.807, 2.05) is 24.3 Å². The number of fused-ring (bicyclic) bond motifs is 5. The molecule has 3 fully saturated rings. The molecule has 4 unspecified atom stereocenters. The van der Waals surface area contributed by atoms with Gasteiger partial charge in [0, 0.05) is 36.8 Å². The SMILES string of the molecule is O=C(O)C1=CC2C(N=C3CN4CCN(c5cccc6c5OC(c5ccc(Cl)cc5F)CO6)C[C@@H]4C([C@@H]4CCO4)N32)S1. The van der Waals surface area contributed by atoms with Crippen LogP contribution in [-0.2, 0) is 9.53 Å². The summed E-state index contributed by atoms with van der Waals surface area (Å²) in [7, 11) is 0. The molecule has 0 spiro atoms. The molecule has 12 heteroatoms. The van der Waals surface area contributed by atoms with Crippen molar-refractivity contribution in [3.8, 4) is 11.5 Å². The zero-order valence-corrected chi connectivity index (χ0v) is 23.6. The van der Waals surface area contributed by atoms with Crippen molar-refractivity contribution in [2.45, 2.75) is 42.1 Å². The van der Waals surface area contributed by atoms with Gasteiger partial charge in [0.15, 0.2) is 17.6 Å². The quantitative estimate of drug-likeness (QED) is 0.565. The van der Waals surface area contributed by atoms with E-state index in [2.05, 4.69) is 14.7 Å². The number of benzene rings is 2. The van der Waals surface area contributed by atoms with Crippen molar-refractivity contribution in [1.82, 2.24) is 9.80 Å². The van der Waals surface area contributed by atoms with Gasteiger partial charge in [-0.05, 0) is 36.8 Å². The van der Waals surface area contributed by atoms with E-state index >= 15 is 0 Å². The summed E-state index contributed by atoms with van der Waals surface area (Å²) in [5.41, 5.74) is 1.32. The third-order valence-corrected chi connectivity index (χ3v) is 10.4. The minimum atomic E-state index is -0.895. The number of thioether (sulfide) groups is 1. The molecule has 0 radical (unpaired) electrons. The molecule has 6 heterocycles. The van der Waals surface area contributed by atoms with Gasteiger partial charge >= 0.3 is 5.97 Å². The van der Waals surface area contributed by atoms with E-state index < -0.39 is 17.9 Å². The Morgan fingerprint density at radius 1 is 1.22 bits per heavy atom. The maximum atomic E-state index is 14.8. The van der Waals surface area contributed by atoms with Gasteiger partial charge in [0.25, 0.3) is 0 Å². The van der Waals surface area contributed by atoms with Crippen LogP contribution >= 0.6 is 23.4 Å². The first-order valence-electron chi connectivity index (χ1n) is 13.9. The topological polar surface area (TPSA) is 87.1 Å². The highest BCUT2D eigenvalue weighted by molar-refractivity contribution is 8.04. The van der Waals surface area contributed by atoms with Crippen LogP contribution < -0.4 is 14.4 Å². The first-order chi connectivity index (χ1) is 19.9. The van der Waals surface area contributed by atoms with Crippen LogP contribution in [0.2, 0.25) is 5.02 Å². The van der Waals surface area contributed by atoms with Crippen molar-refractivity contribution in [1.29, 1.82) is 0 Å². The molecule has 9 nitrogen and oxygen atoms in total. The summed E-state index contributed by atoms with van der Waals surface area (Å²) in [4.78, 5) is 24.2. The van der Waals surface area contributed by atoms with Crippen LogP contribution in [0.3, 0.4) is 0 Å². The fourth-order valence-electron chi connectivity index (χ4n) is 6.94. The zero-order valence-electron chi connectivity index (χ0n) is 22.0. The third-order valence-electron chi connectivity index (χ3n) is 8.94. The van der Waals surface area contributed by atoms with Crippen molar-refractivity contribution in [3.05, 3.63) is 63.8 Å². The zero-order chi connectivity index (χ0) is 27.8. The van der Waals surface area contributed by atoms with Gasteiger partial charge in [-0.15, -0.1) is 0 Å². The van der Waals surface area contributed by atoms with Gasteiger partial charge in [0.05, 0.1) is 41.4 Å². The molecule has 6 aliphatic heterocycles. The summed E-state index contributed by atoms with van der Waals surface area (Å²) in [5.74, 6) is 0.971. The number of rotatable bonds is 4. The van der Waals surface area contributed by atoms with Gasteiger partial charge < -0.3 is 29.1 Å². The predicted molar refractivity (Wildman–Crippen MR) is 153 cm³/mol. The summed E-state index contributed by atoms with van der Waals surface area (Å²) in [6.07, 6.45) is 2.29. The lowest BCUT2D eigenvalue weighted by Crippen LogP contribution is -2.72. The molecule has 214 valence electrons. The molecule has 6 aliphatic rings. The summed E-state index contributed by atoms with van der Waals surface area (Å²) in [5, 5.41) is 9.82. The molecule has 2 aromatic rings. The van der Waals surface area contributed by atoms with E-state index in [0.717, 1.165) is 50.7 Å². The Morgan fingerprint density at radius 3 is 2.88 bits per heavy atom. The average Bonchev–Trinajstić information content (AvgIpc) is 3.49. The number of hydrogen-bond acceptors (Lipinski definition) is 9. The number of aliphatic carboxylic acids is 1. The van der Waals surface area contributed by atoms with Crippen LogP contribution in [0.5, 0.6) is 11.5 Å². The maximum Gasteiger partial charge on any atom is 0.341 e. The molecule has 6 atom stereocenters. The van der Waals surface area contributed by atoms with Crippen LogP contribution in [0.15, 0.2) is 52.4 Å². The molecular weight excluding hydrogens is 571 g/mol. The largest absolute Gasteiger partial charge is 0.485 e. The lowest BCUT2D eigenvalue weighted by atomic mass is 9.88. The van der Waals surface area contributed by atoms with Gasteiger partial charge in [-0.3, -0.25) is 9.89 Å². The van der Waals surface area contributed by atoms with Gasteiger partial charge in [0.1, 0.15) is 23.6 Å². The number of amidine groups is 1. The molecule has 2 aromatic carbocycles. The summed E-state index contributed by atoms with van der Waals surface area (Å²) in [6, 6.07) is 10.6. The molecule has 1 N–H and O–H groups in total. The Hall–Kier alpha value is -2.99. The molecule has 3 saturated heterocycles. The molecule has 0 aromatic heterocycles. The number of aliphatic imine (C=N–C) groups is 1. The van der Waals surface area contributed by atoms with Crippen molar-refractivity contribution < 1.29 is 28.5 Å². The smallest absolute Gasteiger partial charge is 0.341 e. The lowest BCUT2D eigenvalue weighted by Gasteiger charge is -2.56. The fourth-order valence-corrected chi connectivity index (χ4v) is 8.21. The van der Waals surface area contributed by atoms with Crippen LogP contribution in [0.1, 0.15) is 18.1 Å². The van der Waals surface area contributed by atoms with E-state index in [0.29, 0.717) is 27.0 Å². The number of carboxylic acids is 1. The van der Waals surface area contributed by atoms with Crippen LogP contribution in [-0.4, -0.2) is 95.7 Å². The Labute approximate surface area is 245 Å². The fraction of sp³-hybridized carbons (Fsp3) is 0.448. The average molecular weight is 599 g/mol. The van der Waals surface area contributed by atoms with Crippen molar-refractivity contribution in [3.63, 3.8) is 0 Å². The van der Waals surface area contributed by atoms with Gasteiger partial charge in [-0.1, -0.05) is 35.5 Å². The predicted octanol–water partition coefficient (Wildman–Crippen LogP) is 3.78. The number of piperazine rings is 2. The summed E-state index contributed by atoms with van der Waals surface area (Å²) < 4.78 is 33.4. The third kappa shape index (κ3) is 4.19. The number of ether oxygens (including phenoxy) is 3. The minimum absolute atomic E-state index is 0.0478. The molecule has 0 aliphatic carbocycles. The second-order valence-corrected chi connectivity index (χ2v) is 12.7. The molecule has 0 bridgehead atoms. The summed E-state index contributed by atoms with van der Waals surface area (Å²) in [6.45, 7) is 4.02. The van der Waals surface area contributed by atoms with Gasteiger partial charge in [0.2, 0.25) is 0 Å². The monoisotopic (exact) mass is 598 g/mol. The molecule has 0 saturated carbocycles. The molecule has 0 amide bonds. The molecule has 8 rings (SSSR count). The number of hydrogen-bond donors (Lipinski definition) is 1. The number of halogens is 2. The highest BCUT2D eigenvalue weighted by Crippen LogP contribution is 2.47. The normalized spacial score (nSPS) is 32.0. The first kappa shape index (κ1) is 25.7. The lowest BCUT2D eigenvalue weighted by molar-refractivity contribution is -0.131. The van der Waals surface area contributed by atoms with E-state index in [1.165, 1.54) is 17.8 Å². The van der Waals surface area contributed by atoms with E-state index in [4.69, 9.17) is 30.8 Å². The van der Waals surface area contributed by atoms with Crippen LogP contribution in [0, 0.1) is 5.82 Å². The van der Waals surface area contributed by atoms with Crippen LogP contribution in [0.4, 0.5) is 10.1 Å². The number of para-hydroxylation sites is 1. The number of carboxylic acid groups (broad SMARTS) is 1. The van der Waals surface area contributed by atoms with Crippen molar-refractivity contribution in [2.75, 3.05) is 44.3 Å². The van der Waals surface area contributed by atoms with E-state index in [1.54, 1.807) is 12.1 Å². The highest BCUT2D eigenvalue weighted by Gasteiger charge is 2.54. The van der Waals surface area contributed by atoms with Gasteiger partial charge in [-0.25, -0.2) is 9.18 Å². The van der Waals surface area contributed by atoms with Crippen molar-refractivity contribution in [2.24, 2.45) is 4.99 Å². The molecular formula is C29H28ClFN4O5S. The second kappa shape index (κ2) is 9.79. The Balaban J connectivity index is 1.09. The number of nitrogens with zero attached hydrogens (tertiary/aromatic N) is 4. The maximum absolute atomic E-state index is 14.8. The Kier molecular flexibility index (Phi) is 6.14. The first-order valence-corrected chi connectivity index (χ1v) is 15.1. The van der Waals surface area contributed by atoms with Crippen LogP contribution in [0.25, 0.3) is 0 Å². The standard InChI is InChI=1S/C29H28ClFN4O5S/c30-15-4-5-16(17(31)10-15)23-14-39-22-3-1-2-18(27(22)40-23)33-7-8-34-13-25-32-28-19(11-24(41-28)29(36)37)35(25)26(20(34)12-33)21-6-9-38-21/h1-5,10-11,19-21,23,26,28H,6-9,12-14H2,(H,36,37)/t19?,20-,21+,23?,26?,28?/m1/s1. The number of anilines is 1. The number of carbonyl (C=O) groups is 1. The highest BCUT2D eigenvalue weighted by atomic mass is 35.5. The minimum Gasteiger partial charge on any atom is -0.485 e. The second-order valence-electron chi connectivity index (χ2n) is 11.1. The van der Waals surface area contributed by atoms with E-state index in [9.17, 15) is 14.3 Å². The van der Waals surface area contributed by atoms with Crippen molar-refractivity contribution >= 4 is 40.9 Å². The molecule has 41 heavy (non-hydrogen) atoms.